The van der Waals surface area contributed by atoms with Crippen molar-refractivity contribution < 1.29 is 22.0 Å². The van der Waals surface area contributed by atoms with Crippen LogP contribution >= 0.6 is 0 Å². The van der Waals surface area contributed by atoms with Gasteiger partial charge in [-0.1, -0.05) is 6.07 Å². The Morgan fingerprint density at radius 3 is 2.40 bits per heavy atom. The van der Waals surface area contributed by atoms with Crippen LogP contribution in [0, 0.1) is 17.6 Å². The number of aromatic nitrogens is 1. The number of amides is 1. The molecular weight excluding hydrogens is 352 g/mol. The maximum absolute atomic E-state index is 13.6. The van der Waals surface area contributed by atoms with Gasteiger partial charge in [0.1, 0.15) is 23.2 Å². The number of carbonyl (C=O) groups is 1. The van der Waals surface area contributed by atoms with Gasteiger partial charge in [-0.15, -0.1) is 0 Å². The lowest BCUT2D eigenvalue weighted by Crippen LogP contribution is -2.17. The minimum absolute atomic E-state index is 0.0237. The summed E-state index contributed by atoms with van der Waals surface area (Å²) in [4.78, 5) is 15.6. The SMILES string of the molecule is O=C(Nc1ccc(NS(=O)(=O)Cc2c(F)cccc2F)cn1)C1CC1. The number of sulfonamides is 1. The topological polar surface area (TPSA) is 88.2 Å². The first kappa shape index (κ1) is 17.3. The molecule has 0 unspecified atom stereocenters. The number of anilines is 2. The first-order valence-corrected chi connectivity index (χ1v) is 9.19. The number of nitrogens with one attached hydrogen (secondary N) is 2. The zero-order chi connectivity index (χ0) is 18.0. The fourth-order valence-electron chi connectivity index (χ4n) is 2.18. The lowest BCUT2D eigenvalue weighted by molar-refractivity contribution is -0.117. The zero-order valence-corrected chi connectivity index (χ0v) is 13.8. The van der Waals surface area contributed by atoms with Crippen LogP contribution in [0.25, 0.3) is 0 Å². The second-order valence-electron chi connectivity index (χ2n) is 5.76. The standard InChI is InChI=1S/C16H15F2N3O3S/c17-13-2-1-3-14(18)12(13)9-25(23,24)21-11-6-7-15(19-8-11)20-16(22)10-4-5-10/h1-3,6-8,10,21H,4-5,9H2,(H,19,20,22). The molecule has 2 N–H and O–H groups in total. The van der Waals surface area contributed by atoms with Crippen LogP contribution in [0.5, 0.6) is 0 Å². The third kappa shape index (κ3) is 4.50. The first-order chi connectivity index (χ1) is 11.8. The number of pyridine rings is 1. The minimum Gasteiger partial charge on any atom is -0.310 e. The van der Waals surface area contributed by atoms with E-state index < -0.39 is 33.0 Å². The lowest BCUT2D eigenvalue weighted by atomic mass is 10.2. The Kier molecular flexibility index (Phi) is 4.67. The van der Waals surface area contributed by atoms with Gasteiger partial charge in [-0.2, -0.15) is 0 Å². The fraction of sp³-hybridized carbons (Fsp3) is 0.250. The molecule has 0 bridgehead atoms. The second kappa shape index (κ2) is 6.75. The van der Waals surface area contributed by atoms with E-state index in [0.717, 1.165) is 31.0 Å². The Hall–Kier alpha value is -2.55. The quantitative estimate of drug-likeness (QED) is 0.822. The average molecular weight is 367 g/mol. The van der Waals surface area contributed by atoms with Gasteiger partial charge < -0.3 is 5.32 Å². The maximum atomic E-state index is 13.6. The minimum atomic E-state index is -4.03. The van der Waals surface area contributed by atoms with E-state index in [0.29, 0.717) is 5.82 Å². The summed E-state index contributed by atoms with van der Waals surface area (Å²) in [5, 5.41) is 2.62. The van der Waals surface area contributed by atoms with Crippen LogP contribution in [-0.2, 0) is 20.6 Å². The number of halogens is 2. The van der Waals surface area contributed by atoms with Crippen LogP contribution in [0.15, 0.2) is 36.5 Å². The summed E-state index contributed by atoms with van der Waals surface area (Å²) in [7, 11) is -4.03. The monoisotopic (exact) mass is 367 g/mol. The molecule has 1 fully saturated rings. The molecule has 0 radical (unpaired) electrons. The summed E-state index contributed by atoms with van der Waals surface area (Å²) in [6, 6.07) is 6.00. The Morgan fingerprint density at radius 2 is 1.84 bits per heavy atom. The summed E-state index contributed by atoms with van der Waals surface area (Å²) in [6.45, 7) is 0. The molecule has 3 rings (SSSR count). The van der Waals surface area contributed by atoms with Crippen molar-refractivity contribution in [3.8, 4) is 0 Å². The Morgan fingerprint density at radius 1 is 1.16 bits per heavy atom. The van der Waals surface area contributed by atoms with Gasteiger partial charge in [-0.3, -0.25) is 9.52 Å². The number of rotatable bonds is 6. The third-order valence-electron chi connectivity index (χ3n) is 3.63. The van der Waals surface area contributed by atoms with Crippen molar-refractivity contribution >= 4 is 27.4 Å². The highest BCUT2D eigenvalue weighted by Gasteiger charge is 2.29. The van der Waals surface area contributed by atoms with Gasteiger partial charge in [-0.05, 0) is 37.1 Å². The molecule has 0 aliphatic heterocycles. The molecule has 1 heterocycles. The van der Waals surface area contributed by atoms with Crippen LogP contribution < -0.4 is 10.0 Å². The molecule has 0 atom stereocenters. The average Bonchev–Trinajstić information content (AvgIpc) is 3.38. The van der Waals surface area contributed by atoms with Gasteiger partial charge in [0.25, 0.3) is 0 Å². The largest absolute Gasteiger partial charge is 0.310 e. The molecule has 0 saturated heterocycles. The van der Waals surface area contributed by atoms with Gasteiger partial charge in [0.15, 0.2) is 0 Å². The summed E-state index contributed by atoms with van der Waals surface area (Å²) in [6.07, 6.45) is 2.93. The second-order valence-corrected chi connectivity index (χ2v) is 7.48. The van der Waals surface area contributed by atoms with E-state index in [2.05, 4.69) is 15.0 Å². The van der Waals surface area contributed by atoms with E-state index in [-0.39, 0.29) is 17.5 Å². The highest BCUT2D eigenvalue weighted by Crippen LogP contribution is 2.30. The number of hydrogen-bond donors (Lipinski definition) is 2. The zero-order valence-electron chi connectivity index (χ0n) is 13.0. The molecule has 1 aliphatic carbocycles. The van der Waals surface area contributed by atoms with E-state index in [1.807, 2.05) is 0 Å². The van der Waals surface area contributed by atoms with Crippen molar-refractivity contribution in [3.05, 3.63) is 53.7 Å². The van der Waals surface area contributed by atoms with Crippen molar-refractivity contribution in [2.45, 2.75) is 18.6 Å². The van der Waals surface area contributed by atoms with Crippen molar-refractivity contribution in [1.29, 1.82) is 0 Å². The number of benzene rings is 1. The smallest absolute Gasteiger partial charge is 0.237 e. The molecular formula is C16H15F2N3O3S. The Bertz CT molecular complexity index is 877. The van der Waals surface area contributed by atoms with Crippen LogP contribution in [0.4, 0.5) is 20.3 Å². The van der Waals surface area contributed by atoms with Gasteiger partial charge in [-0.25, -0.2) is 22.2 Å². The molecule has 9 heteroatoms. The predicted molar refractivity (Wildman–Crippen MR) is 88.2 cm³/mol. The Balaban J connectivity index is 1.67. The van der Waals surface area contributed by atoms with E-state index >= 15 is 0 Å². The highest BCUT2D eigenvalue weighted by molar-refractivity contribution is 7.91. The fourth-order valence-corrected chi connectivity index (χ4v) is 3.39. The normalized spacial score (nSPS) is 14.2. The molecule has 0 spiro atoms. The molecule has 1 aromatic carbocycles. The summed E-state index contributed by atoms with van der Waals surface area (Å²) in [5.41, 5.74) is -0.405. The van der Waals surface area contributed by atoms with Crippen LogP contribution in [0.1, 0.15) is 18.4 Å². The number of hydrogen-bond acceptors (Lipinski definition) is 4. The highest BCUT2D eigenvalue weighted by atomic mass is 32.2. The molecule has 1 saturated carbocycles. The summed E-state index contributed by atoms with van der Waals surface area (Å²) in [5.74, 6) is -2.49. The number of nitrogens with zero attached hydrogens (tertiary/aromatic N) is 1. The van der Waals surface area contributed by atoms with E-state index in [4.69, 9.17) is 0 Å². The van der Waals surface area contributed by atoms with E-state index in [9.17, 15) is 22.0 Å². The molecule has 1 aromatic heterocycles. The molecule has 25 heavy (non-hydrogen) atoms. The van der Waals surface area contributed by atoms with Gasteiger partial charge >= 0.3 is 0 Å². The van der Waals surface area contributed by atoms with Crippen molar-refractivity contribution in [2.24, 2.45) is 5.92 Å². The van der Waals surface area contributed by atoms with E-state index in [1.165, 1.54) is 18.3 Å². The Labute approximate surface area is 143 Å². The van der Waals surface area contributed by atoms with Crippen LogP contribution in [0.2, 0.25) is 0 Å². The van der Waals surface area contributed by atoms with Gasteiger partial charge in [0.2, 0.25) is 15.9 Å². The van der Waals surface area contributed by atoms with E-state index in [1.54, 1.807) is 0 Å². The predicted octanol–water partition coefficient (Wildman–Crippen LogP) is 2.65. The van der Waals surface area contributed by atoms with Gasteiger partial charge in [0.05, 0.1) is 11.9 Å². The third-order valence-corrected chi connectivity index (χ3v) is 4.85. The first-order valence-electron chi connectivity index (χ1n) is 7.54. The lowest BCUT2D eigenvalue weighted by Gasteiger charge is -2.10. The van der Waals surface area contributed by atoms with Crippen molar-refractivity contribution in [3.63, 3.8) is 0 Å². The molecule has 6 nitrogen and oxygen atoms in total. The van der Waals surface area contributed by atoms with Crippen LogP contribution in [-0.4, -0.2) is 19.3 Å². The molecule has 132 valence electrons. The summed E-state index contributed by atoms with van der Waals surface area (Å²) >= 11 is 0. The maximum Gasteiger partial charge on any atom is 0.237 e. The molecule has 2 aromatic rings. The molecule has 1 aliphatic rings. The van der Waals surface area contributed by atoms with Crippen molar-refractivity contribution in [2.75, 3.05) is 10.0 Å². The van der Waals surface area contributed by atoms with Crippen molar-refractivity contribution in [1.82, 2.24) is 4.98 Å². The van der Waals surface area contributed by atoms with Crippen LogP contribution in [0.3, 0.4) is 0 Å². The summed E-state index contributed by atoms with van der Waals surface area (Å²) < 4.78 is 53.5. The van der Waals surface area contributed by atoms with Gasteiger partial charge in [0, 0.05) is 11.5 Å². The number of carbonyl (C=O) groups excluding carboxylic acids is 1. The molecule has 1 amide bonds.